The third-order valence-electron chi connectivity index (χ3n) is 4.62. The molecule has 1 aliphatic rings. The van der Waals surface area contributed by atoms with Gasteiger partial charge in [-0.15, -0.1) is 0 Å². The first-order valence-corrected chi connectivity index (χ1v) is 9.90. The number of hydrogen-bond donors (Lipinski definition) is 3. The molecule has 7 nitrogen and oxygen atoms in total. The zero-order valence-electron chi connectivity index (χ0n) is 16.7. The van der Waals surface area contributed by atoms with Crippen LogP contribution < -0.4 is 10.1 Å². The molecule has 0 spiro atoms. The van der Waals surface area contributed by atoms with E-state index in [-0.39, 0.29) is 11.8 Å². The quantitative estimate of drug-likeness (QED) is 0.612. The second-order valence-corrected chi connectivity index (χ2v) is 7.49. The van der Waals surface area contributed by atoms with Gasteiger partial charge in [0.2, 0.25) is 0 Å². The summed E-state index contributed by atoms with van der Waals surface area (Å²) in [6, 6.07) is 6.91. The monoisotopic (exact) mass is 453 g/mol. The summed E-state index contributed by atoms with van der Waals surface area (Å²) in [5.41, 5.74) is 2.32. The second kappa shape index (κ2) is 9.59. The lowest BCUT2D eigenvalue weighted by molar-refractivity contribution is -0.158. The molecule has 0 aliphatic carbocycles. The van der Waals surface area contributed by atoms with Crippen molar-refractivity contribution in [3.05, 3.63) is 58.9 Å². The lowest BCUT2D eigenvalue weighted by Crippen LogP contribution is -2.38. The number of aliphatic hydroxyl groups is 2. The Balaban J connectivity index is 1.60. The molecule has 10 heteroatoms. The summed E-state index contributed by atoms with van der Waals surface area (Å²) in [4.78, 5) is 18.4. The number of aromatic nitrogens is 1. The van der Waals surface area contributed by atoms with Crippen LogP contribution in [0.15, 0.2) is 42.6 Å². The van der Waals surface area contributed by atoms with Crippen LogP contribution in [0.3, 0.4) is 0 Å². The van der Waals surface area contributed by atoms with Crippen LogP contribution in [0, 0.1) is 0 Å². The third kappa shape index (κ3) is 6.13. The average molecular weight is 454 g/mol. The van der Waals surface area contributed by atoms with Crippen molar-refractivity contribution in [2.24, 2.45) is 0 Å². The van der Waals surface area contributed by atoms with Crippen molar-refractivity contribution in [2.75, 3.05) is 25.0 Å². The molecule has 2 aromatic rings. The van der Waals surface area contributed by atoms with Gasteiger partial charge in [0.15, 0.2) is 0 Å². The molecule has 0 fully saturated rings. The van der Waals surface area contributed by atoms with E-state index in [1.165, 1.54) is 30.5 Å². The van der Waals surface area contributed by atoms with Crippen LogP contribution in [0.1, 0.15) is 30.7 Å². The van der Waals surface area contributed by atoms with Gasteiger partial charge in [0.05, 0.1) is 17.3 Å². The zero-order valence-corrected chi connectivity index (χ0v) is 17.4. The molecule has 166 valence electrons. The van der Waals surface area contributed by atoms with E-state index in [2.05, 4.69) is 15.0 Å². The van der Waals surface area contributed by atoms with E-state index < -0.39 is 18.8 Å². The zero-order chi connectivity index (χ0) is 22.6. The predicted octanol–water partition coefficient (Wildman–Crippen LogP) is 4.07. The number of carbonyl (C=O) groups excluding carboxylic acids is 1. The van der Waals surface area contributed by atoms with Crippen LogP contribution in [0.4, 0.5) is 19.3 Å². The molecule has 1 aromatic carbocycles. The molecule has 2 amide bonds. The highest BCUT2D eigenvalue weighted by molar-refractivity contribution is 6.32. The second-order valence-electron chi connectivity index (χ2n) is 7.09. The summed E-state index contributed by atoms with van der Waals surface area (Å²) < 4.78 is 30.2. The summed E-state index contributed by atoms with van der Waals surface area (Å²) >= 11 is 6.28. The molecule has 3 N–H and O–H groups in total. The van der Waals surface area contributed by atoms with Crippen molar-refractivity contribution >= 4 is 28.9 Å². The highest BCUT2D eigenvalue weighted by atomic mass is 35.5. The number of hydrogen-bond acceptors (Lipinski definition) is 5. The molecule has 0 saturated heterocycles. The van der Waals surface area contributed by atoms with Crippen molar-refractivity contribution in [1.82, 2.24) is 9.88 Å². The molecule has 3 rings (SSSR count). The van der Waals surface area contributed by atoms with E-state index in [1.807, 2.05) is 6.08 Å². The van der Waals surface area contributed by atoms with Crippen molar-refractivity contribution < 1.29 is 28.5 Å². The average Bonchev–Trinajstić information content (AvgIpc) is 2.73. The molecule has 0 radical (unpaired) electrons. The van der Waals surface area contributed by atoms with Crippen LogP contribution in [-0.4, -0.2) is 51.9 Å². The Morgan fingerprint density at radius 2 is 2.10 bits per heavy atom. The topological polar surface area (TPSA) is 94.9 Å². The van der Waals surface area contributed by atoms with Crippen molar-refractivity contribution in [3.63, 3.8) is 0 Å². The number of ether oxygens (including phenoxy) is 1. The van der Waals surface area contributed by atoms with Crippen molar-refractivity contribution in [1.29, 1.82) is 0 Å². The Morgan fingerprint density at radius 3 is 2.65 bits per heavy atom. The number of aliphatic hydroxyl groups excluding tert-OH is 2. The molecule has 1 atom stereocenters. The number of carbonyl (C=O) groups is 1. The number of alkyl halides is 2. The molecule has 2 heterocycles. The molecule has 1 aromatic heterocycles. The fraction of sp³-hybridized carbons (Fsp3) is 0.333. The van der Waals surface area contributed by atoms with E-state index in [9.17, 15) is 18.7 Å². The van der Waals surface area contributed by atoms with Crippen LogP contribution in [0.25, 0.3) is 5.57 Å². The maximum atomic E-state index is 12.9. The number of halogens is 3. The molecule has 31 heavy (non-hydrogen) atoms. The molecule has 0 saturated carbocycles. The van der Waals surface area contributed by atoms with Crippen molar-refractivity contribution in [3.8, 4) is 5.75 Å². The third-order valence-corrected chi connectivity index (χ3v) is 4.91. The number of amides is 2. The predicted molar refractivity (Wildman–Crippen MR) is 112 cm³/mol. The van der Waals surface area contributed by atoms with E-state index in [0.717, 1.165) is 5.57 Å². The molecular formula is C21H22ClF2N3O4. The first kappa shape index (κ1) is 22.9. The first-order valence-electron chi connectivity index (χ1n) is 9.53. The smallest absolute Gasteiger partial charge is 0.394 e. The van der Waals surface area contributed by atoms with Crippen LogP contribution >= 0.6 is 11.6 Å². The maximum Gasteiger partial charge on any atom is 0.394 e. The first-order chi connectivity index (χ1) is 14.7. The number of rotatable bonds is 6. The number of pyridine rings is 1. The van der Waals surface area contributed by atoms with Gasteiger partial charge < -0.3 is 25.2 Å². The minimum absolute atomic E-state index is 0.00190. The maximum absolute atomic E-state index is 12.9. The lowest BCUT2D eigenvalue weighted by atomic mass is 10.0. The van der Waals surface area contributed by atoms with Crippen molar-refractivity contribution in [2.45, 2.75) is 25.6 Å². The number of nitrogens with one attached hydrogen (secondary N) is 1. The van der Waals surface area contributed by atoms with Gasteiger partial charge in [0.1, 0.15) is 11.9 Å². The Hall–Kier alpha value is -2.75. The van der Waals surface area contributed by atoms with Gasteiger partial charge in [0.25, 0.3) is 0 Å². The fourth-order valence-electron chi connectivity index (χ4n) is 3.06. The standard InChI is InChI=1S/C21H22ClF2N3O4/c1-21(23,24)31-16-4-2-15(3-5-16)26-20(30)27-8-6-13(7-9-27)19-17(22)10-14(11-25-19)18(29)12-28/h2-6,10-11,18,28-29H,7-9,12H2,1H3,(H,26,30)/t18-/m1/s1. The minimum atomic E-state index is -3.28. The van der Waals surface area contributed by atoms with E-state index in [1.54, 1.807) is 11.0 Å². The van der Waals surface area contributed by atoms with Gasteiger partial charge in [-0.25, -0.2) is 4.79 Å². The largest absolute Gasteiger partial charge is 0.433 e. The molecule has 0 bridgehead atoms. The van der Waals surface area contributed by atoms with E-state index in [4.69, 9.17) is 16.7 Å². The van der Waals surface area contributed by atoms with Gasteiger partial charge in [-0.2, -0.15) is 8.78 Å². The van der Waals surface area contributed by atoms with Crippen LogP contribution in [-0.2, 0) is 0 Å². The van der Waals surface area contributed by atoms with Gasteiger partial charge in [-0.05, 0) is 42.3 Å². The summed E-state index contributed by atoms with van der Waals surface area (Å²) in [7, 11) is 0. The fourth-order valence-corrected chi connectivity index (χ4v) is 3.36. The van der Waals surface area contributed by atoms with E-state index >= 15 is 0 Å². The Labute approximate surface area is 182 Å². The minimum Gasteiger partial charge on any atom is -0.433 e. The molecule has 1 aliphatic heterocycles. The summed E-state index contributed by atoms with van der Waals surface area (Å²) in [5.74, 6) is -0.00190. The van der Waals surface area contributed by atoms with E-state index in [0.29, 0.717) is 48.4 Å². The highest BCUT2D eigenvalue weighted by Crippen LogP contribution is 2.29. The molecular weight excluding hydrogens is 432 g/mol. The Kier molecular flexibility index (Phi) is 7.09. The Morgan fingerprint density at radius 1 is 1.39 bits per heavy atom. The van der Waals surface area contributed by atoms with Gasteiger partial charge in [-0.1, -0.05) is 17.7 Å². The molecule has 0 unspecified atom stereocenters. The number of anilines is 1. The highest BCUT2D eigenvalue weighted by Gasteiger charge is 2.23. The van der Waals surface area contributed by atoms with Gasteiger partial charge in [-0.3, -0.25) is 4.98 Å². The summed E-state index contributed by atoms with van der Waals surface area (Å²) in [5, 5.41) is 21.8. The van der Waals surface area contributed by atoms with Gasteiger partial charge in [0, 0.05) is 37.5 Å². The van der Waals surface area contributed by atoms with Crippen LogP contribution in [0.2, 0.25) is 5.02 Å². The SMILES string of the molecule is CC(F)(F)Oc1ccc(NC(=O)N2CC=C(c3ncc([C@H](O)CO)cc3Cl)CC2)cc1. The summed E-state index contributed by atoms with van der Waals surface area (Å²) in [6.45, 7) is 0.991. The summed E-state index contributed by atoms with van der Waals surface area (Å²) in [6.07, 6.45) is -0.485. The normalized spacial score (nSPS) is 15.3. The van der Waals surface area contributed by atoms with Crippen LogP contribution in [0.5, 0.6) is 5.75 Å². The lowest BCUT2D eigenvalue weighted by Gasteiger charge is -2.27. The number of benzene rings is 1. The number of nitrogens with zero attached hydrogens (tertiary/aromatic N) is 2. The van der Waals surface area contributed by atoms with Gasteiger partial charge >= 0.3 is 12.1 Å². The Bertz CT molecular complexity index is 964. The number of urea groups is 1.